The highest BCUT2D eigenvalue weighted by Crippen LogP contribution is 2.38. The lowest BCUT2D eigenvalue weighted by Crippen LogP contribution is -2.59. The number of anilines is 1. The fraction of sp³-hybridized carbons (Fsp3) is 0.478. The van der Waals surface area contributed by atoms with E-state index < -0.39 is 11.9 Å². The summed E-state index contributed by atoms with van der Waals surface area (Å²) < 4.78 is 6.02. The molecule has 0 radical (unpaired) electrons. The van der Waals surface area contributed by atoms with Crippen LogP contribution in [0.5, 0.6) is 5.75 Å². The second-order valence-electron chi connectivity index (χ2n) is 9.21. The minimum Gasteiger partial charge on any atom is -0.492 e. The number of nitrogens with zero attached hydrogens (tertiary/aromatic N) is 1. The van der Waals surface area contributed by atoms with Crippen LogP contribution in [0.4, 0.5) is 9.80 Å². The molecular formula is C23H32N4O3S. The molecule has 1 fully saturated rings. The molecule has 2 aromatic rings. The van der Waals surface area contributed by atoms with Crippen LogP contribution in [-0.4, -0.2) is 41.1 Å². The van der Waals surface area contributed by atoms with Crippen LogP contribution in [0.1, 0.15) is 57.3 Å². The van der Waals surface area contributed by atoms with Gasteiger partial charge in [0.2, 0.25) is 0 Å². The molecule has 0 aliphatic carbocycles. The molecule has 2 heterocycles. The van der Waals surface area contributed by atoms with E-state index in [2.05, 4.69) is 37.9 Å². The molecule has 0 saturated carbocycles. The van der Waals surface area contributed by atoms with Crippen molar-refractivity contribution in [3.05, 3.63) is 35.9 Å². The first-order valence-corrected chi connectivity index (χ1v) is 11.3. The Balaban J connectivity index is 1.66. The number of urea groups is 1. The number of ether oxygens (including phenoxy) is 1. The van der Waals surface area contributed by atoms with Crippen LogP contribution in [0, 0.1) is 0 Å². The zero-order chi connectivity index (χ0) is 22.8. The molecule has 0 unspecified atom stereocenters. The molecule has 168 valence electrons. The summed E-state index contributed by atoms with van der Waals surface area (Å²) >= 11 is 1.25. The lowest BCUT2D eigenvalue weighted by Gasteiger charge is -2.53. The summed E-state index contributed by atoms with van der Waals surface area (Å²) in [6.45, 7) is 10.7. The van der Waals surface area contributed by atoms with E-state index in [0.29, 0.717) is 11.6 Å². The Bertz CT molecular complexity index is 934. The highest BCUT2D eigenvalue weighted by molar-refractivity contribution is 7.20. The minimum atomic E-state index is -0.736. The first kappa shape index (κ1) is 23.1. The van der Waals surface area contributed by atoms with Crippen molar-refractivity contribution in [2.75, 3.05) is 18.5 Å². The quantitative estimate of drug-likeness (QED) is 0.587. The van der Waals surface area contributed by atoms with Crippen LogP contribution in [-0.2, 0) is 0 Å². The van der Waals surface area contributed by atoms with E-state index in [9.17, 15) is 9.59 Å². The van der Waals surface area contributed by atoms with Crippen molar-refractivity contribution in [1.82, 2.24) is 4.90 Å². The molecule has 1 aliphatic rings. The van der Waals surface area contributed by atoms with E-state index in [1.165, 1.54) is 30.6 Å². The molecule has 1 aromatic heterocycles. The number of likely N-dealkylation sites (tertiary alicyclic amines) is 1. The van der Waals surface area contributed by atoms with Gasteiger partial charge in [0.05, 0.1) is 5.56 Å². The number of carbonyl (C=O) groups excluding carboxylic acids is 2. The van der Waals surface area contributed by atoms with Gasteiger partial charge < -0.3 is 16.2 Å². The van der Waals surface area contributed by atoms with Crippen molar-refractivity contribution in [2.45, 2.75) is 58.0 Å². The van der Waals surface area contributed by atoms with E-state index >= 15 is 0 Å². The molecule has 1 aliphatic heterocycles. The molecule has 1 saturated heterocycles. The zero-order valence-corrected chi connectivity index (χ0v) is 19.5. The van der Waals surface area contributed by atoms with E-state index in [1.807, 2.05) is 24.3 Å². The summed E-state index contributed by atoms with van der Waals surface area (Å²) in [6.07, 6.45) is 3.66. The van der Waals surface area contributed by atoms with E-state index in [-0.39, 0.29) is 16.6 Å². The van der Waals surface area contributed by atoms with Gasteiger partial charge in [-0.05, 0) is 82.9 Å². The van der Waals surface area contributed by atoms with Crippen molar-refractivity contribution in [3.8, 4) is 16.2 Å². The molecule has 8 heteroatoms. The van der Waals surface area contributed by atoms with Gasteiger partial charge in [0.25, 0.3) is 5.91 Å². The summed E-state index contributed by atoms with van der Waals surface area (Å²) in [5, 5.41) is 2.80. The Morgan fingerprint density at radius 3 is 2.26 bits per heavy atom. The number of primary amides is 2. The van der Waals surface area contributed by atoms with Crippen molar-refractivity contribution < 1.29 is 14.3 Å². The molecule has 1 aromatic carbocycles. The molecule has 7 nitrogen and oxygen atoms in total. The van der Waals surface area contributed by atoms with Crippen LogP contribution < -0.4 is 21.5 Å². The number of thiophene rings is 1. The van der Waals surface area contributed by atoms with Crippen molar-refractivity contribution in [2.24, 2.45) is 11.5 Å². The fourth-order valence-corrected chi connectivity index (χ4v) is 5.61. The Hall–Kier alpha value is -2.58. The maximum atomic E-state index is 11.7. The summed E-state index contributed by atoms with van der Waals surface area (Å²) in [5.41, 5.74) is 12.1. The topological polar surface area (TPSA) is 111 Å². The minimum absolute atomic E-state index is 0.170. The van der Waals surface area contributed by atoms with Gasteiger partial charge in [-0.3, -0.25) is 15.0 Å². The molecule has 0 spiro atoms. The number of hydrogen-bond acceptors (Lipinski definition) is 5. The highest BCUT2D eigenvalue weighted by Gasteiger charge is 2.40. The third-order valence-electron chi connectivity index (χ3n) is 6.00. The third-order valence-corrected chi connectivity index (χ3v) is 7.09. The van der Waals surface area contributed by atoms with Gasteiger partial charge in [-0.2, -0.15) is 0 Å². The predicted octanol–water partition coefficient (Wildman–Crippen LogP) is 4.43. The van der Waals surface area contributed by atoms with Gasteiger partial charge in [-0.1, -0.05) is 0 Å². The normalized spacial score (nSPS) is 17.8. The SMILES string of the molecule is CC1(C)CCCC(C)(C)N1CCOc1ccc(-c2cc(C(N)=O)c(NC(N)=O)s2)cc1. The first-order valence-electron chi connectivity index (χ1n) is 10.5. The van der Waals surface area contributed by atoms with Gasteiger partial charge in [-0.15, -0.1) is 11.3 Å². The van der Waals surface area contributed by atoms with Gasteiger partial charge >= 0.3 is 6.03 Å². The summed E-state index contributed by atoms with van der Waals surface area (Å²) in [4.78, 5) is 26.2. The summed E-state index contributed by atoms with van der Waals surface area (Å²) in [7, 11) is 0. The Morgan fingerprint density at radius 1 is 1.10 bits per heavy atom. The number of hydrogen-bond donors (Lipinski definition) is 3. The van der Waals surface area contributed by atoms with Gasteiger partial charge in [0.1, 0.15) is 17.4 Å². The standard InChI is InChI=1S/C23H32N4O3S/c1-22(2)10-5-11-23(3,4)27(22)12-13-30-16-8-6-15(7-9-16)18-14-17(19(24)28)20(31-18)26-21(25)29/h6-9,14H,5,10-13H2,1-4H3,(H2,24,28)(H3,25,26,29). The van der Waals surface area contributed by atoms with Gasteiger partial charge in [0, 0.05) is 22.5 Å². The fourth-order valence-electron chi connectivity index (χ4n) is 4.54. The molecular weight excluding hydrogens is 412 g/mol. The van der Waals surface area contributed by atoms with E-state index in [4.69, 9.17) is 16.2 Å². The number of carbonyl (C=O) groups is 2. The van der Waals surface area contributed by atoms with Crippen molar-refractivity contribution in [1.29, 1.82) is 0 Å². The largest absolute Gasteiger partial charge is 0.492 e. The monoisotopic (exact) mass is 444 g/mol. The zero-order valence-electron chi connectivity index (χ0n) is 18.7. The average molecular weight is 445 g/mol. The third kappa shape index (κ3) is 5.37. The van der Waals surface area contributed by atoms with Crippen LogP contribution in [0.2, 0.25) is 0 Å². The predicted molar refractivity (Wildman–Crippen MR) is 126 cm³/mol. The number of rotatable bonds is 7. The second-order valence-corrected chi connectivity index (χ2v) is 10.3. The Kier molecular flexibility index (Phi) is 6.62. The summed E-state index contributed by atoms with van der Waals surface area (Å²) in [6, 6.07) is 8.59. The maximum Gasteiger partial charge on any atom is 0.317 e. The van der Waals surface area contributed by atoms with Gasteiger partial charge in [0.15, 0.2) is 0 Å². The molecule has 3 amide bonds. The Morgan fingerprint density at radius 2 is 1.71 bits per heavy atom. The molecule has 31 heavy (non-hydrogen) atoms. The van der Waals surface area contributed by atoms with E-state index in [1.54, 1.807) is 6.07 Å². The number of nitrogens with two attached hydrogens (primary N) is 2. The van der Waals surface area contributed by atoms with Gasteiger partial charge in [-0.25, -0.2) is 4.79 Å². The summed E-state index contributed by atoms with van der Waals surface area (Å²) in [5.74, 6) is 0.174. The smallest absolute Gasteiger partial charge is 0.317 e. The van der Waals surface area contributed by atoms with Crippen LogP contribution in [0.3, 0.4) is 0 Å². The first-order chi connectivity index (χ1) is 14.5. The number of piperidine rings is 1. The van der Waals surface area contributed by atoms with E-state index in [0.717, 1.165) is 22.7 Å². The Labute approximate surface area is 187 Å². The van der Waals surface area contributed by atoms with Crippen LogP contribution in [0.25, 0.3) is 10.4 Å². The molecule has 5 N–H and O–H groups in total. The van der Waals surface area contributed by atoms with Crippen LogP contribution in [0.15, 0.2) is 30.3 Å². The number of amides is 3. The number of nitrogens with one attached hydrogen (secondary N) is 1. The lowest BCUT2D eigenvalue weighted by molar-refractivity contribution is -0.0340. The highest BCUT2D eigenvalue weighted by atomic mass is 32.1. The molecule has 3 rings (SSSR count). The average Bonchev–Trinajstić information content (AvgIpc) is 3.07. The lowest BCUT2D eigenvalue weighted by atomic mass is 9.80. The molecule has 0 atom stereocenters. The van der Waals surface area contributed by atoms with Crippen LogP contribution >= 0.6 is 11.3 Å². The molecule has 0 bridgehead atoms. The van der Waals surface area contributed by atoms with Crippen molar-refractivity contribution in [3.63, 3.8) is 0 Å². The second kappa shape index (κ2) is 8.88. The number of benzene rings is 1. The maximum absolute atomic E-state index is 11.7. The van der Waals surface area contributed by atoms with Crippen molar-refractivity contribution >= 4 is 28.3 Å².